The van der Waals surface area contributed by atoms with Gasteiger partial charge in [-0.15, -0.1) is 0 Å². The van der Waals surface area contributed by atoms with E-state index in [0.717, 1.165) is 44.1 Å². The molecule has 8 nitrogen and oxygen atoms in total. The fourth-order valence-electron chi connectivity index (χ4n) is 3.17. The summed E-state index contributed by atoms with van der Waals surface area (Å²) in [6, 6.07) is 9.97. The molecule has 1 saturated heterocycles. The van der Waals surface area contributed by atoms with Gasteiger partial charge < -0.3 is 25.3 Å². The first-order chi connectivity index (χ1) is 13.9. The fourth-order valence-corrected chi connectivity index (χ4v) is 3.17. The molecule has 1 aliphatic rings. The van der Waals surface area contributed by atoms with Crippen molar-refractivity contribution >= 4 is 23.2 Å². The molecule has 0 unspecified atom stereocenters. The molecule has 0 bridgehead atoms. The molecule has 0 aliphatic carbocycles. The fraction of sp³-hybridized carbons (Fsp3) is 0.476. The molecule has 0 atom stereocenters. The van der Waals surface area contributed by atoms with Gasteiger partial charge in [0.05, 0.1) is 0 Å². The third-order valence-corrected chi connectivity index (χ3v) is 4.92. The third kappa shape index (κ3) is 6.13. The maximum atomic E-state index is 12.4. The standard InChI is InChI=1S/C21H31N7O/c1-16-15-19(20(29)22-9-10-26(2)3)25-21(23-16)24-17-5-7-18(8-6-17)28-13-11-27(4)12-14-28/h5-8,15H,9-14H2,1-4H3,(H,22,29)(H,23,24,25). The van der Waals surface area contributed by atoms with Gasteiger partial charge in [0, 0.05) is 56.3 Å². The van der Waals surface area contributed by atoms with Crippen molar-refractivity contribution in [3.05, 3.63) is 41.7 Å². The van der Waals surface area contributed by atoms with Gasteiger partial charge in [-0.3, -0.25) is 4.79 Å². The number of nitrogens with one attached hydrogen (secondary N) is 2. The zero-order valence-corrected chi connectivity index (χ0v) is 17.8. The molecule has 1 aliphatic heterocycles. The Balaban J connectivity index is 1.63. The average Bonchev–Trinajstić information content (AvgIpc) is 2.68. The number of amides is 1. The second kappa shape index (κ2) is 9.67. The highest BCUT2D eigenvalue weighted by molar-refractivity contribution is 5.92. The normalized spacial score (nSPS) is 14.9. The molecule has 3 rings (SSSR count). The minimum absolute atomic E-state index is 0.189. The largest absolute Gasteiger partial charge is 0.369 e. The molecular weight excluding hydrogens is 366 g/mol. The van der Waals surface area contributed by atoms with Crippen molar-refractivity contribution in [2.45, 2.75) is 6.92 Å². The van der Waals surface area contributed by atoms with Crippen LogP contribution in [0.2, 0.25) is 0 Å². The zero-order chi connectivity index (χ0) is 20.8. The second-order valence-electron chi connectivity index (χ2n) is 7.74. The van der Waals surface area contributed by atoms with Crippen molar-refractivity contribution < 1.29 is 4.79 Å². The Labute approximate surface area is 172 Å². The van der Waals surface area contributed by atoms with Crippen LogP contribution < -0.4 is 15.5 Å². The van der Waals surface area contributed by atoms with E-state index in [-0.39, 0.29) is 5.91 Å². The summed E-state index contributed by atoms with van der Waals surface area (Å²) in [4.78, 5) is 27.9. The summed E-state index contributed by atoms with van der Waals surface area (Å²) in [5.74, 6) is 0.237. The lowest BCUT2D eigenvalue weighted by molar-refractivity contribution is 0.0946. The molecule has 0 saturated carbocycles. The van der Waals surface area contributed by atoms with E-state index in [0.29, 0.717) is 18.2 Å². The van der Waals surface area contributed by atoms with E-state index in [1.807, 2.05) is 38.1 Å². The van der Waals surface area contributed by atoms with Crippen molar-refractivity contribution in [2.75, 3.05) is 70.6 Å². The van der Waals surface area contributed by atoms with Crippen LogP contribution in [0.3, 0.4) is 0 Å². The van der Waals surface area contributed by atoms with Crippen LogP contribution >= 0.6 is 0 Å². The Morgan fingerprint density at radius 2 is 1.79 bits per heavy atom. The van der Waals surface area contributed by atoms with Gasteiger partial charge in [-0.2, -0.15) is 0 Å². The highest BCUT2D eigenvalue weighted by Gasteiger charge is 2.14. The van der Waals surface area contributed by atoms with Crippen molar-refractivity contribution in [2.24, 2.45) is 0 Å². The van der Waals surface area contributed by atoms with E-state index < -0.39 is 0 Å². The van der Waals surface area contributed by atoms with Crippen LogP contribution in [-0.4, -0.2) is 86.1 Å². The molecule has 1 fully saturated rings. The van der Waals surface area contributed by atoms with Gasteiger partial charge in [-0.05, 0) is 58.4 Å². The Morgan fingerprint density at radius 1 is 1.10 bits per heavy atom. The monoisotopic (exact) mass is 397 g/mol. The van der Waals surface area contributed by atoms with Crippen LogP contribution in [0, 0.1) is 6.92 Å². The molecule has 29 heavy (non-hydrogen) atoms. The predicted octanol–water partition coefficient (Wildman–Crippen LogP) is 1.57. The summed E-state index contributed by atoms with van der Waals surface area (Å²) in [5.41, 5.74) is 3.23. The first kappa shape index (κ1) is 21.0. The van der Waals surface area contributed by atoms with Crippen LogP contribution in [0.25, 0.3) is 0 Å². The van der Waals surface area contributed by atoms with Gasteiger partial charge in [-0.25, -0.2) is 9.97 Å². The number of likely N-dealkylation sites (N-methyl/N-ethyl adjacent to an activating group) is 2. The topological polar surface area (TPSA) is 76.6 Å². The molecule has 1 aromatic heterocycles. The maximum Gasteiger partial charge on any atom is 0.270 e. The number of anilines is 3. The van der Waals surface area contributed by atoms with Gasteiger partial charge in [0.15, 0.2) is 0 Å². The van der Waals surface area contributed by atoms with Crippen LogP contribution in [0.4, 0.5) is 17.3 Å². The number of hydrogen-bond donors (Lipinski definition) is 2. The summed E-state index contributed by atoms with van der Waals surface area (Å²) in [6.07, 6.45) is 0. The molecule has 0 radical (unpaired) electrons. The average molecular weight is 398 g/mol. The number of aromatic nitrogens is 2. The van der Waals surface area contributed by atoms with Gasteiger partial charge >= 0.3 is 0 Å². The van der Waals surface area contributed by atoms with Crippen LogP contribution in [0.1, 0.15) is 16.2 Å². The number of rotatable bonds is 7. The number of aryl methyl sites for hydroxylation is 1. The van der Waals surface area contributed by atoms with E-state index >= 15 is 0 Å². The lowest BCUT2D eigenvalue weighted by Crippen LogP contribution is -2.44. The van der Waals surface area contributed by atoms with Crippen molar-refractivity contribution in [3.8, 4) is 0 Å². The zero-order valence-electron chi connectivity index (χ0n) is 17.8. The molecule has 156 valence electrons. The molecular formula is C21H31N7O. The molecule has 2 heterocycles. The first-order valence-corrected chi connectivity index (χ1v) is 10.00. The maximum absolute atomic E-state index is 12.4. The second-order valence-corrected chi connectivity index (χ2v) is 7.74. The van der Waals surface area contributed by atoms with Gasteiger partial charge in [0.2, 0.25) is 5.95 Å². The number of nitrogens with zero attached hydrogens (tertiary/aromatic N) is 5. The molecule has 0 spiro atoms. The number of hydrogen-bond acceptors (Lipinski definition) is 7. The van der Waals surface area contributed by atoms with Crippen molar-refractivity contribution in [3.63, 3.8) is 0 Å². The number of carbonyl (C=O) groups is 1. The number of piperazine rings is 1. The molecule has 8 heteroatoms. The van der Waals surface area contributed by atoms with Crippen LogP contribution in [-0.2, 0) is 0 Å². The summed E-state index contributed by atoms with van der Waals surface area (Å²) >= 11 is 0. The predicted molar refractivity (Wildman–Crippen MR) is 117 cm³/mol. The Kier molecular flexibility index (Phi) is 7.00. The van der Waals surface area contributed by atoms with Crippen LogP contribution in [0.5, 0.6) is 0 Å². The van der Waals surface area contributed by atoms with E-state index in [1.54, 1.807) is 6.07 Å². The van der Waals surface area contributed by atoms with Gasteiger partial charge in [0.1, 0.15) is 5.69 Å². The highest BCUT2D eigenvalue weighted by atomic mass is 16.1. The Morgan fingerprint density at radius 3 is 2.45 bits per heavy atom. The summed E-state index contributed by atoms with van der Waals surface area (Å²) in [6.45, 7) is 7.45. The van der Waals surface area contributed by atoms with E-state index in [4.69, 9.17) is 0 Å². The molecule has 2 aromatic rings. The molecule has 1 amide bonds. The lowest BCUT2D eigenvalue weighted by Gasteiger charge is -2.34. The first-order valence-electron chi connectivity index (χ1n) is 10.00. The smallest absolute Gasteiger partial charge is 0.270 e. The third-order valence-electron chi connectivity index (χ3n) is 4.92. The highest BCUT2D eigenvalue weighted by Crippen LogP contribution is 2.21. The Hall–Kier alpha value is -2.71. The SMILES string of the molecule is Cc1cc(C(=O)NCCN(C)C)nc(Nc2ccc(N3CCN(C)CC3)cc2)n1. The van der Waals surface area contributed by atoms with E-state index in [2.05, 4.69) is 49.6 Å². The Bertz CT molecular complexity index is 814. The van der Waals surface area contributed by atoms with Gasteiger partial charge in [0.25, 0.3) is 5.91 Å². The molecule has 1 aromatic carbocycles. The quantitative estimate of drug-likeness (QED) is 0.734. The minimum atomic E-state index is -0.189. The van der Waals surface area contributed by atoms with Crippen molar-refractivity contribution in [1.82, 2.24) is 25.1 Å². The summed E-state index contributed by atoms with van der Waals surface area (Å²) in [7, 11) is 6.10. The number of carbonyl (C=O) groups excluding carboxylic acids is 1. The van der Waals surface area contributed by atoms with E-state index in [9.17, 15) is 4.79 Å². The van der Waals surface area contributed by atoms with Gasteiger partial charge in [-0.1, -0.05) is 0 Å². The van der Waals surface area contributed by atoms with Crippen LogP contribution in [0.15, 0.2) is 30.3 Å². The lowest BCUT2D eigenvalue weighted by atomic mass is 10.2. The summed E-state index contributed by atoms with van der Waals surface area (Å²) in [5, 5.41) is 6.10. The van der Waals surface area contributed by atoms with E-state index in [1.165, 1.54) is 5.69 Å². The molecule has 2 N–H and O–H groups in total. The van der Waals surface area contributed by atoms with Crippen molar-refractivity contribution in [1.29, 1.82) is 0 Å². The minimum Gasteiger partial charge on any atom is -0.369 e. The number of benzene rings is 1. The summed E-state index contributed by atoms with van der Waals surface area (Å²) < 4.78 is 0.